The smallest absolute Gasteiger partial charge is 0.235 e. The molecule has 67 heavy (non-hydrogen) atoms. The molecule has 0 saturated heterocycles. The number of aromatic nitrogens is 3. The fourth-order valence-electron chi connectivity index (χ4n) is 7.61. The highest BCUT2D eigenvalue weighted by molar-refractivity contribution is 5.82. The van der Waals surface area contributed by atoms with Gasteiger partial charge < -0.3 is 32.5 Å². The molecule has 0 saturated carbocycles. The highest BCUT2D eigenvalue weighted by Gasteiger charge is 2.19. The Labute approximate surface area is 386 Å². The molecule has 0 aliphatic heterocycles. The lowest BCUT2D eigenvalue weighted by Crippen LogP contribution is -2.28. The second kappa shape index (κ2) is 21.3. The second-order valence-corrected chi connectivity index (χ2v) is 15.7. The van der Waals surface area contributed by atoms with Crippen LogP contribution in [0.3, 0.4) is 0 Å². The molecule has 6 aromatic carbocycles. The molecule has 0 amide bonds. The zero-order chi connectivity index (χ0) is 45.8. The number of methoxy groups -OCH3 is 1. The topological polar surface area (TPSA) is 141 Å². The monoisotopic (exact) mass is 896 g/mol. The molecule has 9 rings (SSSR count). The van der Waals surface area contributed by atoms with Crippen molar-refractivity contribution in [2.45, 2.75) is 26.2 Å². The van der Waals surface area contributed by atoms with E-state index in [1.54, 1.807) is 48.2 Å². The van der Waals surface area contributed by atoms with Gasteiger partial charge in [0.2, 0.25) is 11.2 Å². The summed E-state index contributed by atoms with van der Waals surface area (Å²) in [5.74, 6) is 2.94. The number of rotatable bonds is 21. The molecule has 0 atom stereocenters. The minimum Gasteiger partial charge on any atom is -0.497 e. The van der Waals surface area contributed by atoms with E-state index in [1.807, 2.05) is 109 Å². The molecule has 9 aromatic rings. The van der Waals surface area contributed by atoms with Gasteiger partial charge in [0.25, 0.3) is 0 Å². The van der Waals surface area contributed by atoms with Gasteiger partial charge in [-0.25, -0.2) is 4.68 Å². The summed E-state index contributed by atoms with van der Waals surface area (Å²) in [6.07, 6.45) is 1.93. The molecule has 0 aliphatic rings. The van der Waals surface area contributed by atoms with Crippen LogP contribution in [0.5, 0.6) is 23.0 Å². The maximum absolute atomic E-state index is 13.6. The lowest BCUT2D eigenvalue weighted by Gasteiger charge is -2.21. The molecule has 0 fully saturated rings. The molecule has 0 spiro atoms. The van der Waals surface area contributed by atoms with Gasteiger partial charge in [-0.1, -0.05) is 90.1 Å². The minimum atomic E-state index is -0.249. The summed E-state index contributed by atoms with van der Waals surface area (Å²) in [5.41, 5.74) is 4.94. The number of fused-ring (bicyclic) bond motifs is 2. The van der Waals surface area contributed by atoms with Gasteiger partial charge in [0.1, 0.15) is 54.0 Å². The van der Waals surface area contributed by atoms with Crippen molar-refractivity contribution < 1.29 is 32.5 Å². The highest BCUT2D eigenvalue weighted by Crippen LogP contribution is 2.33. The molecule has 0 aliphatic carbocycles. The predicted octanol–water partition coefficient (Wildman–Crippen LogP) is 9.59. The van der Waals surface area contributed by atoms with Gasteiger partial charge in [-0.05, 0) is 71.8 Å². The fourth-order valence-corrected chi connectivity index (χ4v) is 7.61. The van der Waals surface area contributed by atoms with Crippen molar-refractivity contribution in [1.82, 2.24) is 19.9 Å². The Hall–Kier alpha value is -8.00. The quantitative estimate of drug-likeness (QED) is 0.0635. The Kier molecular flexibility index (Phi) is 14.1. The Balaban J connectivity index is 0.757. The van der Waals surface area contributed by atoms with Crippen molar-refractivity contribution in [1.29, 1.82) is 0 Å². The average Bonchev–Trinajstić information content (AvgIpc) is 3.82. The van der Waals surface area contributed by atoms with Crippen LogP contribution in [-0.4, -0.2) is 60.0 Å². The molecule has 3 aromatic heterocycles. The van der Waals surface area contributed by atoms with Crippen LogP contribution in [0.15, 0.2) is 182 Å². The van der Waals surface area contributed by atoms with Crippen LogP contribution in [0.1, 0.15) is 16.8 Å². The molecular weight excluding hydrogens is 849 g/mol. The van der Waals surface area contributed by atoms with Crippen molar-refractivity contribution in [2.24, 2.45) is 0 Å². The molecule has 13 nitrogen and oxygen atoms in total. The van der Waals surface area contributed by atoms with E-state index in [9.17, 15) is 9.59 Å². The number of para-hydroxylation sites is 1. The molecule has 338 valence electrons. The summed E-state index contributed by atoms with van der Waals surface area (Å²) in [4.78, 5) is 28.8. The van der Waals surface area contributed by atoms with Crippen LogP contribution in [0.25, 0.3) is 44.6 Å². The van der Waals surface area contributed by atoms with Crippen LogP contribution in [0.4, 0.5) is 0 Å². The van der Waals surface area contributed by atoms with Crippen LogP contribution < -0.4 is 29.8 Å². The van der Waals surface area contributed by atoms with Crippen LogP contribution in [0, 0.1) is 0 Å². The van der Waals surface area contributed by atoms with Crippen LogP contribution in [-0.2, 0) is 31.0 Å². The van der Waals surface area contributed by atoms with Gasteiger partial charge in [-0.15, -0.1) is 5.10 Å². The maximum Gasteiger partial charge on any atom is 0.235 e. The summed E-state index contributed by atoms with van der Waals surface area (Å²) in [6.45, 7) is 4.07. The summed E-state index contributed by atoms with van der Waals surface area (Å²) in [7, 11) is 1.61. The van der Waals surface area contributed by atoms with E-state index in [1.165, 1.54) is 11.6 Å². The Morgan fingerprint density at radius 1 is 0.597 bits per heavy atom. The van der Waals surface area contributed by atoms with E-state index in [4.69, 9.17) is 32.5 Å². The maximum atomic E-state index is 13.6. The number of ether oxygens (including phenoxy) is 5. The third-order valence-electron chi connectivity index (χ3n) is 11.0. The lowest BCUT2D eigenvalue weighted by atomic mass is 10.1. The standard InChI is InChI=1S/C54H48N4O9/c1-61-44-16-10-13-39(31-44)37-65-54-52(60)47-17-8-9-18-49(47)67-53(54)41-19-21-43(22-20-41)64-30-29-62-27-26-58-36-42(55-56-58)35-57(34-38-11-4-2-5-12-38)25-28-63-45-23-24-46-48(59)33-50(66-51(46)32-45)40-14-6-3-7-15-40/h2-24,31-33,36H,25-30,34-35,37H2,1H3. The molecule has 13 heteroatoms. The van der Waals surface area contributed by atoms with Crippen LogP contribution >= 0.6 is 0 Å². The van der Waals surface area contributed by atoms with Gasteiger partial charge in [0, 0.05) is 49.1 Å². The first-order valence-electron chi connectivity index (χ1n) is 22.0. The second-order valence-electron chi connectivity index (χ2n) is 15.7. The van der Waals surface area contributed by atoms with Gasteiger partial charge in [0.15, 0.2) is 11.2 Å². The number of nitrogens with zero attached hydrogens (tertiary/aromatic N) is 4. The van der Waals surface area contributed by atoms with Crippen molar-refractivity contribution in [3.05, 3.63) is 201 Å². The third kappa shape index (κ3) is 11.3. The first-order valence-corrected chi connectivity index (χ1v) is 22.0. The van der Waals surface area contributed by atoms with Crippen molar-refractivity contribution in [3.8, 4) is 45.6 Å². The van der Waals surface area contributed by atoms with Gasteiger partial charge >= 0.3 is 0 Å². The average molecular weight is 897 g/mol. The zero-order valence-corrected chi connectivity index (χ0v) is 36.9. The highest BCUT2D eigenvalue weighted by atomic mass is 16.5. The molecule has 0 radical (unpaired) electrons. The van der Waals surface area contributed by atoms with Gasteiger partial charge in [-0.2, -0.15) is 0 Å². The predicted molar refractivity (Wildman–Crippen MR) is 256 cm³/mol. The molecule has 0 N–H and O–H groups in total. The Morgan fingerprint density at radius 3 is 2.19 bits per heavy atom. The summed E-state index contributed by atoms with van der Waals surface area (Å²) < 4.78 is 43.7. The minimum absolute atomic E-state index is 0.103. The van der Waals surface area contributed by atoms with Crippen molar-refractivity contribution in [3.63, 3.8) is 0 Å². The normalized spacial score (nSPS) is 11.3. The number of benzene rings is 6. The third-order valence-corrected chi connectivity index (χ3v) is 11.0. The Morgan fingerprint density at radius 2 is 1.36 bits per heavy atom. The zero-order valence-electron chi connectivity index (χ0n) is 36.9. The van der Waals surface area contributed by atoms with Gasteiger partial charge in [0.05, 0.1) is 43.3 Å². The van der Waals surface area contributed by atoms with E-state index in [2.05, 4.69) is 27.3 Å². The summed E-state index contributed by atoms with van der Waals surface area (Å²) in [6, 6.07) is 48.6. The summed E-state index contributed by atoms with van der Waals surface area (Å²) >= 11 is 0. The van der Waals surface area contributed by atoms with Crippen molar-refractivity contribution >= 4 is 21.9 Å². The number of hydrogen-bond acceptors (Lipinski definition) is 12. The van der Waals surface area contributed by atoms with Crippen LogP contribution in [0.2, 0.25) is 0 Å². The van der Waals surface area contributed by atoms with E-state index in [0.717, 1.165) is 16.8 Å². The molecule has 0 unspecified atom stereocenters. The molecule has 3 heterocycles. The first-order chi connectivity index (χ1) is 33.0. The van der Waals surface area contributed by atoms with Crippen molar-refractivity contribution in [2.75, 3.05) is 40.1 Å². The lowest BCUT2D eigenvalue weighted by molar-refractivity contribution is 0.0923. The van der Waals surface area contributed by atoms with E-state index >= 15 is 0 Å². The SMILES string of the molecule is COc1cccc(COc2c(-c3ccc(OCCOCCn4cc(CN(CCOc5ccc6c(=O)cc(-c7ccccc7)oc6c5)Cc5ccccc5)nn4)cc3)oc3ccccc3c2=O)c1. The van der Waals surface area contributed by atoms with E-state index in [-0.39, 0.29) is 23.2 Å². The Bertz CT molecular complexity index is 3170. The van der Waals surface area contributed by atoms with E-state index in [0.29, 0.717) is 109 Å². The largest absolute Gasteiger partial charge is 0.497 e. The first kappa shape index (κ1) is 44.2. The van der Waals surface area contributed by atoms with Gasteiger partial charge in [-0.3, -0.25) is 14.5 Å². The summed E-state index contributed by atoms with van der Waals surface area (Å²) in [5, 5.41) is 9.74. The number of hydrogen-bond donors (Lipinski definition) is 0. The van der Waals surface area contributed by atoms with E-state index < -0.39 is 0 Å². The molecular formula is C54H48N4O9. The fraction of sp³-hybridized carbons (Fsp3) is 0.185. The molecule has 0 bridgehead atoms.